The first kappa shape index (κ1) is 9.49. The molecule has 1 heterocycles. The van der Waals surface area contributed by atoms with Gasteiger partial charge in [-0.1, -0.05) is 17.7 Å². The molecule has 1 fully saturated rings. The fourth-order valence-corrected chi connectivity index (χ4v) is 2.69. The third kappa shape index (κ3) is 1.35. The first-order valence-corrected chi connectivity index (χ1v) is 5.81. The van der Waals surface area contributed by atoms with E-state index in [-0.39, 0.29) is 5.54 Å². The number of ether oxygens (including phenoxy) is 1. The molecule has 0 amide bonds. The molecule has 0 unspecified atom stereocenters. The van der Waals surface area contributed by atoms with Crippen LogP contribution in [0.25, 0.3) is 0 Å². The molecule has 0 saturated heterocycles. The third-order valence-electron chi connectivity index (χ3n) is 3.56. The van der Waals surface area contributed by atoms with E-state index in [2.05, 4.69) is 6.07 Å². The summed E-state index contributed by atoms with van der Waals surface area (Å²) >= 11 is 6.18. The first-order chi connectivity index (χ1) is 7.19. The van der Waals surface area contributed by atoms with Gasteiger partial charge in [0, 0.05) is 12.0 Å². The predicted octanol–water partition coefficient (Wildman–Crippen LogP) is 2.61. The minimum absolute atomic E-state index is 0.124. The molecule has 0 spiro atoms. The molecule has 1 aromatic carbocycles. The molecule has 0 aromatic heterocycles. The highest BCUT2D eigenvalue weighted by atomic mass is 35.5. The van der Waals surface area contributed by atoms with Crippen molar-refractivity contribution in [3.05, 3.63) is 28.3 Å². The lowest BCUT2D eigenvalue weighted by Gasteiger charge is -2.39. The molecule has 0 atom stereocenters. The van der Waals surface area contributed by atoms with E-state index in [9.17, 15) is 0 Å². The zero-order chi connectivity index (χ0) is 10.5. The Labute approximate surface area is 94.4 Å². The second-order valence-corrected chi connectivity index (χ2v) is 4.96. The van der Waals surface area contributed by atoms with E-state index < -0.39 is 0 Å². The maximum absolute atomic E-state index is 6.29. The average molecular weight is 224 g/mol. The number of halogens is 1. The molecule has 0 bridgehead atoms. The number of rotatable bonds is 1. The highest BCUT2D eigenvalue weighted by Gasteiger charge is 2.35. The van der Waals surface area contributed by atoms with Crippen molar-refractivity contribution in [1.29, 1.82) is 0 Å². The maximum atomic E-state index is 6.29. The minimum atomic E-state index is -0.124. The van der Waals surface area contributed by atoms with Crippen LogP contribution < -0.4 is 10.5 Å². The second kappa shape index (κ2) is 3.13. The van der Waals surface area contributed by atoms with E-state index >= 15 is 0 Å². The average Bonchev–Trinajstić information content (AvgIpc) is 2.62. The summed E-state index contributed by atoms with van der Waals surface area (Å²) < 4.78 is 5.48. The maximum Gasteiger partial charge on any atom is 0.141 e. The Morgan fingerprint density at radius 2 is 2.13 bits per heavy atom. The molecule has 3 heteroatoms. The quantitative estimate of drug-likeness (QED) is 0.795. The highest BCUT2D eigenvalue weighted by molar-refractivity contribution is 6.32. The Kier molecular flexibility index (Phi) is 1.98. The van der Waals surface area contributed by atoms with Gasteiger partial charge in [-0.15, -0.1) is 0 Å². The van der Waals surface area contributed by atoms with Crippen molar-refractivity contribution in [2.45, 2.75) is 31.2 Å². The molecular formula is C12H14ClNO. The number of nitrogens with two attached hydrogens (primary N) is 1. The molecule has 2 nitrogen and oxygen atoms in total. The summed E-state index contributed by atoms with van der Waals surface area (Å²) in [6.45, 7) is 0.746. The van der Waals surface area contributed by atoms with Gasteiger partial charge in [-0.3, -0.25) is 0 Å². The summed E-state index contributed by atoms with van der Waals surface area (Å²) in [5, 5.41) is 0.719. The molecule has 80 valence electrons. The van der Waals surface area contributed by atoms with Gasteiger partial charge in [-0.25, -0.2) is 0 Å². The van der Waals surface area contributed by atoms with Crippen LogP contribution in [-0.4, -0.2) is 6.61 Å². The Hall–Kier alpha value is -0.730. The van der Waals surface area contributed by atoms with Gasteiger partial charge < -0.3 is 10.5 Å². The van der Waals surface area contributed by atoms with Crippen molar-refractivity contribution in [2.75, 3.05) is 6.61 Å². The van der Waals surface area contributed by atoms with Gasteiger partial charge in [0.1, 0.15) is 5.75 Å². The fourth-order valence-electron chi connectivity index (χ4n) is 2.39. The Balaban J connectivity index is 2.07. The van der Waals surface area contributed by atoms with Crippen molar-refractivity contribution in [1.82, 2.24) is 0 Å². The van der Waals surface area contributed by atoms with Crippen LogP contribution in [0.3, 0.4) is 0 Å². The largest absolute Gasteiger partial charge is 0.491 e. The van der Waals surface area contributed by atoms with Gasteiger partial charge in [0.2, 0.25) is 0 Å². The lowest BCUT2D eigenvalue weighted by Crippen LogP contribution is -2.43. The van der Waals surface area contributed by atoms with Gasteiger partial charge in [-0.05, 0) is 36.5 Å². The van der Waals surface area contributed by atoms with E-state index in [0.29, 0.717) is 0 Å². The summed E-state index contributed by atoms with van der Waals surface area (Å²) in [6, 6.07) is 4.15. The van der Waals surface area contributed by atoms with E-state index in [0.717, 1.165) is 36.6 Å². The van der Waals surface area contributed by atoms with Gasteiger partial charge in [0.25, 0.3) is 0 Å². The number of hydrogen-bond acceptors (Lipinski definition) is 2. The van der Waals surface area contributed by atoms with Crippen LogP contribution >= 0.6 is 11.6 Å². The molecule has 2 N–H and O–H groups in total. The van der Waals surface area contributed by atoms with Crippen LogP contribution in [0.5, 0.6) is 5.75 Å². The molecular weight excluding hydrogens is 210 g/mol. The van der Waals surface area contributed by atoms with Gasteiger partial charge in [0.15, 0.2) is 0 Å². The van der Waals surface area contributed by atoms with Gasteiger partial charge in [-0.2, -0.15) is 0 Å². The summed E-state index contributed by atoms with van der Waals surface area (Å²) in [5.41, 5.74) is 8.56. The van der Waals surface area contributed by atoms with Gasteiger partial charge >= 0.3 is 0 Å². The summed E-state index contributed by atoms with van der Waals surface area (Å²) in [4.78, 5) is 0. The second-order valence-electron chi connectivity index (χ2n) is 4.55. The predicted molar refractivity (Wildman–Crippen MR) is 60.4 cm³/mol. The summed E-state index contributed by atoms with van der Waals surface area (Å²) in [5.74, 6) is 0.864. The van der Waals surface area contributed by atoms with E-state index in [1.165, 1.54) is 17.5 Å². The normalized spacial score (nSPS) is 21.7. The molecule has 1 aliphatic heterocycles. The van der Waals surface area contributed by atoms with Crippen molar-refractivity contribution < 1.29 is 4.74 Å². The number of fused-ring (bicyclic) bond motifs is 1. The van der Waals surface area contributed by atoms with Crippen LogP contribution in [0.4, 0.5) is 0 Å². The topological polar surface area (TPSA) is 35.2 Å². The van der Waals surface area contributed by atoms with Crippen molar-refractivity contribution in [3.63, 3.8) is 0 Å². The smallest absolute Gasteiger partial charge is 0.141 e. The van der Waals surface area contributed by atoms with Crippen LogP contribution in [0, 0.1) is 0 Å². The molecule has 1 aromatic rings. The molecule has 2 aliphatic rings. The van der Waals surface area contributed by atoms with E-state index in [4.69, 9.17) is 22.1 Å². The van der Waals surface area contributed by atoms with Crippen molar-refractivity contribution >= 4 is 11.6 Å². The van der Waals surface area contributed by atoms with E-state index in [1.54, 1.807) is 0 Å². The minimum Gasteiger partial charge on any atom is -0.491 e. The zero-order valence-corrected chi connectivity index (χ0v) is 9.31. The molecule has 15 heavy (non-hydrogen) atoms. The standard InChI is InChI=1S/C12H14ClNO/c13-10-7-9(12(14)3-1-4-12)6-8-2-5-15-11(8)10/h6-7H,1-5,14H2. The van der Waals surface area contributed by atoms with Gasteiger partial charge in [0.05, 0.1) is 11.6 Å². The monoisotopic (exact) mass is 223 g/mol. The first-order valence-electron chi connectivity index (χ1n) is 5.44. The zero-order valence-electron chi connectivity index (χ0n) is 8.55. The summed E-state index contributed by atoms with van der Waals surface area (Å²) in [7, 11) is 0. The number of benzene rings is 1. The Bertz CT molecular complexity index is 412. The highest BCUT2D eigenvalue weighted by Crippen LogP contribution is 2.43. The third-order valence-corrected chi connectivity index (χ3v) is 3.84. The summed E-state index contributed by atoms with van der Waals surface area (Å²) in [6.07, 6.45) is 4.33. The van der Waals surface area contributed by atoms with Crippen LogP contribution in [0.1, 0.15) is 30.4 Å². The van der Waals surface area contributed by atoms with Crippen LogP contribution in [0.2, 0.25) is 5.02 Å². The molecule has 0 radical (unpaired) electrons. The lowest BCUT2D eigenvalue weighted by atomic mass is 9.72. The fraction of sp³-hybridized carbons (Fsp3) is 0.500. The van der Waals surface area contributed by atoms with Crippen molar-refractivity contribution in [3.8, 4) is 5.75 Å². The lowest BCUT2D eigenvalue weighted by molar-refractivity contribution is 0.253. The van der Waals surface area contributed by atoms with Crippen molar-refractivity contribution in [2.24, 2.45) is 5.73 Å². The van der Waals surface area contributed by atoms with Crippen LogP contribution in [0.15, 0.2) is 12.1 Å². The molecule has 1 saturated carbocycles. The Morgan fingerprint density at radius 3 is 2.80 bits per heavy atom. The Morgan fingerprint density at radius 1 is 1.33 bits per heavy atom. The number of hydrogen-bond donors (Lipinski definition) is 1. The SMILES string of the molecule is NC1(c2cc(Cl)c3c(c2)CCO3)CCC1. The van der Waals surface area contributed by atoms with Crippen LogP contribution in [-0.2, 0) is 12.0 Å². The van der Waals surface area contributed by atoms with E-state index in [1.807, 2.05) is 6.07 Å². The molecule has 1 aliphatic carbocycles. The molecule has 3 rings (SSSR count).